The highest BCUT2D eigenvalue weighted by Crippen LogP contribution is 2.25. The molecule has 0 aliphatic heterocycles. The maximum Gasteiger partial charge on any atom is 0.0580 e. The number of hydrogen-bond donors (Lipinski definition) is 2. The van der Waals surface area contributed by atoms with Crippen LogP contribution in [-0.4, -0.2) is 23.8 Å². The van der Waals surface area contributed by atoms with Crippen molar-refractivity contribution in [2.75, 3.05) is 6.54 Å². The Morgan fingerprint density at radius 2 is 2.07 bits per heavy atom. The number of aliphatic hydroxyl groups excluding tert-OH is 1. The molecule has 0 radical (unpaired) electrons. The normalized spacial score (nSPS) is 29.8. The summed E-state index contributed by atoms with van der Waals surface area (Å²) in [6.07, 6.45) is 4.53. The molecule has 2 heteroatoms. The zero-order chi connectivity index (χ0) is 10.6. The Bertz CT molecular complexity index is 156. The largest absolute Gasteiger partial charge is 0.393 e. The van der Waals surface area contributed by atoms with Crippen LogP contribution in [0.4, 0.5) is 0 Å². The molecular weight excluding hydrogens is 174 g/mol. The fourth-order valence-electron chi connectivity index (χ4n) is 2.41. The van der Waals surface area contributed by atoms with Crippen molar-refractivity contribution in [3.05, 3.63) is 0 Å². The first kappa shape index (κ1) is 12.0. The first-order valence-electron chi connectivity index (χ1n) is 6.06. The molecule has 0 spiro atoms. The molecule has 84 valence electrons. The van der Waals surface area contributed by atoms with Crippen LogP contribution in [0.1, 0.15) is 46.5 Å². The average Bonchev–Trinajstić information content (AvgIpc) is 2.52. The van der Waals surface area contributed by atoms with E-state index < -0.39 is 0 Å². The van der Waals surface area contributed by atoms with Gasteiger partial charge in [0, 0.05) is 12.6 Å². The summed E-state index contributed by atoms with van der Waals surface area (Å²) >= 11 is 0. The van der Waals surface area contributed by atoms with Crippen LogP contribution in [0.15, 0.2) is 0 Å². The van der Waals surface area contributed by atoms with Crippen molar-refractivity contribution >= 4 is 0 Å². The molecule has 3 unspecified atom stereocenters. The molecule has 1 fully saturated rings. The van der Waals surface area contributed by atoms with Gasteiger partial charge in [0.2, 0.25) is 0 Å². The molecule has 1 saturated carbocycles. The molecule has 0 amide bonds. The summed E-state index contributed by atoms with van der Waals surface area (Å²) in [5.74, 6) is 1.20. The second kappa shape index (κ2) is 5.72. The van der Waals surface area contributed by atoms with Crippen LogP contribution in [0.3, 0.4) is 0 Å². The Morgan fingerprint density at radius 1 is 1.36 bits per heavy atom. The lowest BCUT2D eigenvalue weighted by Gasteiger charge is -2.24. The Morgan fingerprint density at radius 3 is 2.50 bits per heavy atom. The smallest absolute Gasteiger partial charge is 0.0580 e. The standard InChI is InChI=1S/C12H25NO/c1-4-11(9(2)3)13-8-10-6-5-7-12(10)14/h9-14H,4-8H2,1-3H3. The van der Waals surface area contributed by atoms with Crippen LogP contribution in [0.5, 0.6) is 0 Å². The average molecular weight is 199 g/mol. The van der Waals surface area contributed by atoms with E-state index in [4.69, 9.17) is 0 Å². The Labute approximate surface area is 88.1 Å². The molecule has 0 heterocycles. The first-order chi connectivity index (χ1) is 6.65. The summed E-state index contributed by atoms with van der Waals surface area (Å²) in [5, 5.41) is 13.3. The Hall–Kier alpha value is -0.0800. The summed E-state index contributed by atoms with van der Waals surface area (Å²) in [4.78, 5) is 0. The van der Waals surface area contributed by atoms with Gasteiger partial charge in [0.1, 0.15) is 0 Å². The lowest BCUT2D eigenvalue weighted by Crippen LogP contribution is -2.38. The van der Waals surface area contributed by atoms with E-state index in [1.54, 1.807) is 0 Å². The molecule has 0 bridgehead atoms. The van der Waals surface area contributed by atoms with Crippen molar-refractivity contribution in [1.82, 2.24) is 5.32 Å². The van der Waals surface area contributed by atoms with Crippen LogP contribution in [-0.2, 0) is 0 Å². The first-order valence-corrected chi connectivity index (χ1v) is 6.06. The third kappa shape index (κ3) is 3.25. The molecule has 0 aromatic heterocycles. The minimum atomic E-state index is -0.0489. The molecule has 0 saturated heterocycles. The van der Waals surface area contributed by atoms with Crippen LogP contribution in [0.2, 0.25) is 0 Å². The molecule has 2 N–H and O–H groups in total. The summed E-state index contributed by atoms with van der Waals surface area (Å²) in [7, 11) is 0. The molecular formula is C12H25NO. The molecule has 1 aliphatic rings. The van der Waals surface area contributed by atoms with Crippen LogP contribution in [0, 0.1) is 11.8 Å². The topological polar surface area (TPSA) is 32.3 Å². The highest BCUT2D eigenvalue weighted by Gasteiger charge is 2.25. The molecule has 1 rings (SSSR count). The van der Waals surface area contributed by atoms with Gasteiger partial charge < -0.3 is 10.4 Å². The van der Waals surface area contributed by atoms with Crippen LogP contribution < -0.4 is 5.32 Å². The molecule has 0 aromatic rings. The number of nitrogens with one attached hydrogen (secondary N) is 1. The van der Waals surface area contributed by atoms with E-state index in [9.17, 15) is 5.11 Å². The second-order valence-electron chi connectivity index (χ2n) is 4.93. The summed E-state index contributed by atoms with van der Waals surface area (Å²) in [6.45, 7) is 7.74. The summed E-state index contributed by atoms with van der Waals surface area (Å²) in [5.41, 5.74) is 0. The maximum atomic E-state index is 9.67. The van der Waals surface area contributed by atoms with E-state index in [1.807, 2.05) is 0 Å². The lowest BCUT2D eigenvalue weighted by atomic mass is 10.00. The Balaban J connectivity index is 2.24. The fraction of sp³-hybridized carbons (Fsp3) is 1.00. The maximum absolute atomic E-state index is 9.67. The number of hydrogen-bond acceptors (Lipinski definition) is 2. The van der Waals surface area contributed by atoms with Gasteiger partial charge in [0.05, 0.1) is 6.10 Å². The van der Waals surface area contributed by atoms with Gasteiger partial charge >= 0.3 is 0 Å². The van der Waals surface area contributed by atoms with Crippen molar-refractivity contribution in [3.8, 4) is 0 Å². The van der Waals surface area contributed by atoms with Gasteiger partial charge in [0.15, 0.2) is 0 Å². The van der Waals surface area contributed by atoms with E-state index in [0.717, 1.165) is 13.0 Å². The van der Waals surface area contributed by atoms with Crippen LogP contribution in [0.25, 0.3) is 0 Å². The van der Waals surface area contributed by atoms with Gasteiger partial charge in [-0.2, -0.15) is 0 Å². The lowest BCUT2D eigenvalue weighted by molar-refractivity contribution is 0.128. The van der Waals surface area contributed by atoms with Gasteiger partial charge in [-0.05, 0) is 31.1 Å². The number of rotatable bonds is 5. The van der Waals surface area contributed by atoms with E-state index in [2.05, 4.69) is 26.1 Å². The highest BCUT2D eigenvalue weighted by molar-refractivity contribution is 4.80. The molecule has 3 atom stereocenters. The van der Waals surface area contributed by atoms with Crippen LogP contribution >= 0.6 is 0 Å². The molecule has 2 nitrogen and oxygen atoms in total. The number of aliphatic hydroxyl groups is 1. The van der Waals surface area contributed by atoms with Gasteiger partial charge in [-0.1, -0.05) is 27.2 Å². The summed E-state index contributed by atoms with van der Waals surface area (Å²) < 4.78 is 0. The van der Waals surface area contributed by atoms with Gasteiger partial charge in [-0.3, -0.25) is 0 Å². The highest BCUT2D eigenvalue weighted by atomic mass is 16.3. The quantitative estimate of drug-likeness (QED) is 0.711. The Kier molecular flexibility index (Phi) is 4.90. The third-order valence-electron chi connectivity index (χ3n) is 3.51. The molecule has 0 aromatic carbocycles. The summed E-state index contributed by atoms with van der Waals surface area (Å²) in [6, 6.07) is 0.614. The minimum Gasteiger partial charge on any atom is -0.393 e. The van der Waals surface area contributed by atoms with E-state index in [-0.39, 0.29) is 6.10 Å². The van der Waals surface area contributed by atoms with E-state index >= 15 is 0 Å². The van der Waals surface area contributed by atoms with Crippen molar-refractivity contribution in [1.29, 1.82) is 0 Å². The third-order valence-corrected chi connectivity index (χ3v) is 3.51. The predicted octanol–water partition coefficient (Wildman–Crippen LogP) is 2.17. The minimum absolute atomic E-state index is 0.0489. The fourth-order valence-corrected chi connectivity index (χ4v) is 2.41. The van der Waals surface area contributed by atoms with Gasteiger partial charge in [0.25, 0.3) is 0 Å². The van der Waals surface area contributed by atoms with Crippen molar-refractivity contribution in [3.63, 3.8) is 0 Å². The zero-order valence-corrected chi connectivity index (χ0v) is 9.79. The van der Waals surface area contributed by atoms with Gasteiger partial charge in [-0.25, -0.2) is 0 Å². The predicted molar refractivity (Wildman–Crippen MR) is 60.3 cm³/mol. The zero-order valence-electron chi connectivity index (χ0n) is 9.79. The SMILES string of the molecule is CCC(NCC1CCCC1O)C(C)C. The van der Waals surface area contributed by atoms with E-state index in [0.29, 0.717) is 17.9 Å². The van der Waals surface area contributed by atoms with Crippen molar-refractivity contribution in [2.24, 2.45) is 11.8 Å². The second-order valence-corrected chi connectivity index (χ2v) is 4.93. The van der Waals surface area contributed by atoms with Crippen molar-refractivity contribution < 1.29 is 5.11 Å². The van der Waals surface area contributed by atoms with Gasteiger partial charge in [-0.15, -0.1) is 0 Å². The molecule has 14 heavy (non-hydrogen) atoms. The molecule has 1 aliphatic carbocycles. The van der Waals surface area contributed by atoms with E-state index in [1.165, 1.54) is 19.3 Å². The van der Waals surface area contributed by atoms with Crippen molar-refractivity contribution in [2.45, 2.75) is 58.6 Å². The monoisotopic (exact) mass is 199 g/mol.